The standard InChI is InChI=1S/C44H84NO8P/c1-6-8-10-12-14-16-18-20-22-24-26-28-30-32-34-36-43(46)50-40-42(41-52-54(48,49)51-39-38-45(3,4)5)53-44(47)37-35-33-31-29-27-25-23-21-19-17-15-13-11-9-7-2/h12,14,31,33,42H,6-11,13,15-30,32,34-41H2,1-5H3/p+1/b14-12+,33-31+/t42-/m1/s1. The van der Waals surface area contributed by atoms with Crippen LogP contribution in [0.1, 0.15) is 194 Å². The van der Waals surface area contributed by atoms with Gasteiger partial charge in [0.05, 0.1) is 27.7 Å². The molecule has 0 radical (unpaired) electrons. The van der Waals surface area contributed by atoms with E-state index in [1.807, 2.05) is 27.2 Å². The summed E-state index contributed by atoms with van der Waals surface area (Å²) < 4.78 is 34.2. The van der Waals surface area contributed by atoms with Gasteiger partial charge in [0, 0.05) is 12.8 Å². The normalized spacial score (nSPS) is 13.8. The van der Waals surface area contributed by atoms with Crippen LogP contribution in [0.2, 0.25) is 0 Å². The minimum absolute atomic E-state index is 0.0271. The number of carbonyl (C=O) groups is 2. The molecule has 0 saturated heterocycles. The molecule has 0 aromatic heterocycles. The molecular weight excluding hydrogens is 701 g/mol. The second-order valence-electron chi connectivity index (χ2n) is 16.1. The van der Waals surface area contributed by atoms with E-state index in [-0.39, 0.29) is 32.0 Å². The third kappa shape index (κ3) is 40.2. The Morgan fingerprint density at radius 2 is 1.00 bits per heavy atom. The number of nitrogens with zero attached hydrogens (tertiary/aromatic N) is 1. The van der Waals surface area contributed by atoms with Crippen molar-refractivity contribution in [1.82, 2.24) is 0 Å². The van der Waals surface area contributed by atoms with Crippen molar-refractivity contribution in [2.75, 3.05) is 47.5 Å². The van der Waals surface area contributed by atoms with E-state index >= 15 is 0 Å². The number of phosphoric ester groups is 1. The fourth-order valence-electron chi connectivity index (χ4n) is 5.95. The Hall–Kier alpha value is -1.51. The Kier molecular flexibility index (Phi) is 36.1. The summed E-state index contributed by atoms with van der Waals surface area (Å²) >= 11 is 0. The first-order chi connectivity index (χ1) is 26.0. The van der Waals surface area contributed by atoms with Crippen LogP contribution in [-0.4, -0.2) is 74.9 Å². The average Bonchev–Trinajstić information content (AvgIpc) is 3.12. The molecule has 0 spiro atoms. The van der Waals surface area contributed by atoms with Gasteiger partial charge in [-0.1, -0.05) is 160 Å². The Labute approximate surface area is 332 Å². The van der Waals surface area contributed by atoms with E-state index in [1.54, 1.807) is 0 Å². The lowest BCUT2D eigenvalue weighted by Gasteiger charge is -2.24. The van der Waals surface area contributed by atoms with Crippen molar-refractivity contribution in [3.05, 3.63) is 24.3 Å². The fraction of sp³-hybridized carbons (Fsp3) is 0.864. The van der Waals surface area contributed by atoms with Gasteiger partial charge in [0.15, 0.2) is 6.10 Å². The molecule has 10 heteroatoms. The number of rotatable bonds is 40. The van der Waals surface area contributed by atoms with Gasteiger partial charge in [-0.25, -0.2) is 4.57 Å². The molecule has 0 bridgehead atoms. The molecule has 0 aromatic rings. The Bertz CT molecular complexity index is 980. The second-order valence-corrected chi connectivity index (χ2v) is 17.5. The largest absolute Gasteiger partial charge is 0.472 e. The number of hydrogen-bond acceptors (Lipinski definition) is 7. The number of allylic oxidation sites excluding steroid dienone is 4. The van der Waals surface area contributed by atoms with Gasteiger partial charge in [-0.3, -0.25) is 18.6 Å². The van der Waals surface area contributed by atoms with Crippen molar-refractivity contribution in [2.24, 2.45) is 0 Å². The highest BCUT2D eigenvalue weighted by atomic mass is 31.2. The topological polar surface area (TPSA) is 108 Å². The number of likely N-dealkylation sites (N-methyl/N-ethyl adjacent to an activating group) is 1. The lowest BCUT2D eigenvalue weighted by molar-refractivity contribution is -0.870. The van der Waals surface area contributed by atoms with Crippen molar-refractivity contribution in [3.63, 3.8) is 0 Å². The molecule has 0 aliphatic carbocycles. The number of esters is 2. The third-order valence-electron chi connectivity index (χ3n) is 9.47. The molecule has 318 valence electrons. The van der Waals surface area contributed by atoms with Gasteiger partial charge in [-0.15, -0.1) is 0 Å². The maximum absolute atomic E-state index is 12.6. The molecule has 54 heavy (non-hydrogen) atoms. The van der Waals surface area contributed by atoms with Crippen molar-refractivity contribution in [1.29, 1.82) is 0 Å². The number of unbranched alkanes of at least 4 members (excludes halogenated alkanes) is 22. The fourth-order valence-corrected chi connectivity index (χ4v) is 6.70. The number of phosphoric acid groups is 1. The number of quaternary nitrogens is 1. The predicted molar refractivity (Wildman–Crippen MR) is 224 cm³/mol. The van der Waals surface area contributed by atoms with Gasteiger partial charge in [0.2, 0.25) is 0 Å². The highest BCUT2D eigenvalue weighted by Crippen LogP contribution is 2.43. The van der Waals surface area contributed by atoms with Crippen molar-refractivity contribution in [3.8, 4) is 0 Å². The van der Waals surface area contributed by atoms with Gasteiger partial charge < -0.3 is 18.9 Å². The Morgan fingerprint density at radius 1 is 0.556 bits per heavy atom. The van der Waals surface area contributed by atoms with Crippen molar-refractivity contribution in [2.45, 2.75) is 200 Å². The summed E-state index contributed by atoms with van der Waals surface area (Å²) in [5.74, 6) is -0.853. The van der Waals surface area contributed by atoms with Crippen LogP contribution in [0.3, 0.4) is 0 Å². The first-order valence-corrected chi connectivity index (χ1v) is 23.6. The quantitative estimate of drug-likeness (QED) is 0.0215. The van der Waals surface area contributed by atoms with E-state index in [9.17, 15) is 19.0 Å². The Morgan fingerprint density at radius 3 is 1.50 bits per heavy atom. The molecule has 0 aliphatic heterocycles. The van der Waals surface area contributed by atoms with E-state index in [2.05, 4.69) is 32.1 Å². The van der Waals surface area contributed by atoms with Gasteiger partial charge in [-0.2, -0.15) is 0 Å². The van der Waals surface area contributed by atoms with E-state index in [4.69, 9.17) is 18.5 Å². The molecule has 0 aromatic carbocycles. The molecule has 2 atom stereocenters. The van der Waals surface area contributed by atoms with Gasteiger partial charge in [-0.05, 0) is 44.9 Å². The Balaban J connectivity index is 4.38. The van der Waals surface area contributed by atoms with Crippen molar-refractivity contribution >= 4 is 19.8 Å². The van der Waals surface area contributed by atoms with Crippen LogP contribution in [0, 0.1) is 0 Å². The van der Waals surface area contributed by atoms with Gasteiger partial charge in [0.25, 0.3) is 0 Å². The summed E-state index contributed by atoms with van der Waals surface area (Å²) in [6.07, 6.45) is 39.5. The first kappa shape index (κ1) is 52.5. The van der Waals surface area contributed by atoms with E-state index in [0.29, 0.717) is 17.4 Å². The highest BCUT2D eigenvalue weighted by Gasteiger charge is 2.27. The molecular formula is C44H85NO8P+. The maximum Gasteiger partial charge on any atom is 0.472 e. The number of hydrogen-bond donors (Lipinski definition) is 1. The van der Waals surface area contributed by atoms with Crippen LogP contribution in [0.5, 0.6) is 0 Å². The molecule has 0 rings (SSSR count). The molecule has 0 amide bonds. The zero-order valence-corrected chi connectivity index (χ0v) is 36.6. The number of carbonyl (C=O) groups excluding carboxylic acids is 2. The smallest absolute Gasteiger partial charge is 0.462 e. The van der Waals surface area contributed by atoms with Crippen LogP contribution < -0.4 is 0 Å². The minimum Gasteiger partial charge on any atom is -0.462 e. The first-order valence-electron chi connectivity index (χ1n) is 22.1. The summed E-state index contributed by atoms with van der Waals surface area (Å²) in [5.41, 5.74) is 0. The summed E-state index contributed by atoms with van der Waals surface area (Å²) in [7, 11) is 1.46. The second kappa shape index (κ2) is 37.1. The summed E-state index contributed by atoms with van der Waals surface area (Å²) in [5, 5.41) is 0. The number of ether oxygens (including phenoxy) is 2. The molecule has 1 N–H and O–H groups in total. The van der Waals surface area contributed by atoms with Gasteiger partial charge >= 0.3 is 19.8 Å². The zero-order chi connectivity index (χ0) is 40.0. The maximum atomic E-state index is 12.6. The van der Waals surface area contributed by atoms with Crippen LogP contribution in [0.25, 0.3) is 0 Å². The van der Waals surface area contributed by atoms with Crippen LogP contribution in [-0.2, 0) is 32.7 Å². The molecule has 0 heterocycles. The van der Waals surface area contributed by atoms with Crippen LogP contribution in [0.4, 0.5) is 0 Å². The summed E-state index contributed by atoms with van der Waals surface area (Å²) in [4.78, 5) is 35.3. The highest BCUT2D eigenvalue weighted by molar-refractivity contribution is 7.47. The predicted octanol–water partition coefficient (Wildman–Crippen LogP) is 12.4. The van der Waals surface area contributed by atoms with E-state index in [1.165, 1.54) is 128 Å². The monoisotopic (exact) mass is 787 g/mol. The molecule has 1 unspecified atom stereocenters. The average molecular weight is 787 g/mol. The minimum atomic E-state index is -4.38. The molecule has 0 fully saturated rings. The van der Waals surface area contributed by atoms with Crippen LogP contribution in [0.15, 0.2) is 24.3 Å². The third-order valence-corrected chi connectivity index (χ3v) is 10.5. The summed E-state index contributed by atoms with van der Waals surface area (Å²) in [6.45, 7) is 4.36. The molecule has 9 nitrogen and oxygen atoms in total. The SMILES string of the molecule is CCCC/C=C/CCCCCCCCCCCC(=O)OC[C@H](COP(=O)(O)OCC[N+](C)(C)C)OC(=O)CC/C=C/CCCCCCCCCCCCC. The molecule has 0 aliphatic rings. The lowest BCUT2D eigenvalue weighted by atomic mass is 10.1. The summed E-state index contributed by atoms with van der Waals surface area (Å²) in [6, 6.07) is 0. The van der Waals surface area contributed by atoms with E-state index < -0.39 is 26.5 Å². The zero-order valence-electron chi connectivity index (χ0n) is 35.7. The lowest BCUT2D eigenvalue weighted by Crippen LogP contribution is -2.37. The molecule has 0 saturated carbocycles. The van der Waals surface area contributed by atoms with E-state index in [0.717, 1.165) is 32.1 Å². The van der Waals surface area contributed by atoms with Crippen LogP contribution >= 0.6 is 7.82 Å². The van der Waals surface area contributed by atoms with Crippen molar-refractivity contribution < 1.29 is 42.1 Å². The van der Waals surface area contributed by atoms with Gasteiger partial charge in [0.1, 0.15) is 19.8 Å².